The lowest BCUT2D eigenvalue weighted by molar-refractivity contribution is -0.122. The third kappa shape index (κ3) is 5.36. The van der Waals surface area contributed by atoms with E-state index in [0.717, 1.165) is 0 Å². The number of benzene rings is 2. The molecule has 9 nitrogen and oxygen atoms in total. The maximum Gasteiger partial charge on any atom is 0.229 e. The number of nitrogens with zero attached hydrogens (tertiary/aromatic N) is 1. The quantitative estimate of drug-likeness (QED) is 0.633. The van der Waals surface area contributed by atoms with E-state index >= 15 is 0 Å². The highest BCUT2D eigenvalue weighted by Crippen LogP contribution is 2.42. The van der Waals surface area contributed by atoms with Crippen LogP contribution in [-0.2, 0) is 14.4 Å². The van der Waals surface area contributed by atoms with Crippen LogP contribution in [0.5, 0.6) is 17.2 Å². The van der Waals surface area contributed by atoms with E-state index in [1.807, 2.05) is 13.8 Å². The van der Waals surface area contributed by atoms with Gasteiger partial charge in [-0.2, -0.15) is 0 Å². The van der Waals surface area contributed by atoms with Crippen LogP contribution in [0.2, 0.25) is 0 Å². The number of ether oxygens (including phenoxy) is 3. The fourth-order valence-electron chi connectivity index (χ4n) is 3.52. The van der Waals surface area contributed by atoms with Crippen molar-refractivity contribution in [2.24, 2.45) is 11.8 Å². The van der Waals surface area contributed by atoms with Gasteiger partial charge in [-0.05, 0) is 24.3 Å². The zero-order chi connectivity index (χ0) is 24.1. The van der Waals surface area contributed by atoms with E-state index in [-0.39, 0.29) is 36.6 Å². The summed E-state index contributed by atoms with van der Waals surface area (Å²) in [5.41, 5.74) is 1.80. The van der Waals surface area contributed by atoms with Gasteiger partial charge in [-0.25, -0.2) is 0 Å². The number of amides is 3. The van der Waals surface area contributed by atoms with Gasteiger partial charge in [0.2, 0.25) is 23.5 Å². The predicted molar refractivity (Wildman–Crippen MR) is 125 cm³/mol. The number of methoxy groups -OCH3 is 3. The number of carbonyl (C=O) groups excluding carboxylic acids is 3. The van der Waals surface area contributed by atoms with Crippen LogP contribution in [0.4, 0.5) is 17.1 Å². The number of rotatable bonds is 8. The maximum atomic E-state index is 12.8. The van der Waals surface area contributed by atoms with E-state index in [2.05, 4.69) is 10.6 Å². The van der Waals surface area contributed by atoms with Gasteiger partial charge in [-0.1, -0.05) is 13.8 Å². The first-order valence-corrected chi connectivity index (χ1v) is 10.6. The molecule has 0 radical (unpaired) electrons. The standard InChI is InChI=1S/C24H29N3O6/c1-14(2)23(29)25-16-6-8-17(9-7-16)26-24(30)15-10-21(28)27(13-15)18-11-19(31-3)22(33-5)20(12-18)32-4/h6-9,11-12,14-15H,10,13H2,1-5H3,(H,25,29)(H,26,30). The molecule has 3 amide bonds. The number of hydrogen-bond donors (Lipinski definition) is 2. The highest BCUT2D eigenvalue weighted by molar-refractivity contribution is 6.04. The lowest BCUT2D eigenvalue weighted by Gasteiger charge is -2.20. The van der Waals surface area contributed by atoms with Crippen LogP contribution < -0.4 is 29.7 Å². The minimum absolute atomic E-state index is 0.0804. The van der Waals surface area contributed by atoms with Crippen LogP contribution in [0, 0.1) is 11.8 Å². The molecule has 2 aromatic carbocycles. The molecule has 1 atom stereocenters. The Balaban J connectivity index is 1.69. The Hall–Kier alpha value is -3.75. The Morgan fingerprint density at radius 3 is 1.97 bits per heavy atom. The van der Waals surface area contributed by atoms with Crippen LogP contribution in [0.3, 0.4) is 0 Å². The van der Waals surface area contributed by atoms with Gasteiger partial charge in [0.15, 0.2) is 11.5 Å². The first kappa shape index (κ1) is 23.9. The van der Waals surface area contributed by atoms with Crippen molar-refractivity contribution in [3.63, 3.8) is 0 Å². The zero-order valence-electron chi connectivity index (χ0n) is 19.4. The van der Waals surface area contributed by atoms with Gasteiger partial charge in [-0.15, -0.1) is 0 Å². The number of carbonyl (C=O) groups is 3. The molecule has 1 unspecified atom stereocenters. The summed E-state index contributed by atoms with van der Waals surface area (Å²) in [6.07, 6.45) is 0.0883. The van der Waals surface area contributed by atoms with Crippen molar-refractivity contribution in [1.82, 2.24) is 0 Å². The molecule has 1 fully saturated rings. The van der Waals surface area contributed by atoms with Crippen LogP contribution in [0.25, 0.3) is 0 Å². The van der Waals surface area contributed by atoms with E-state index in [1.54, 1.807) is 41.3 Å². The molecule has 0 saturated carbocycles. The van der Waals surface area contributed by atoms with E-state index in [4.69, 9.17) is 14.2 Å². The van der Waals surface area contributed by atoms with Gasteiger partial charge in [0, 0.05) is 42.4 Å². The monoisotopic (exact) mass is 455 g/mol. The number of nitrogens with one attached hydrogen (secondary N) is 2. The van der Waals surface area contributed by atoms with Crippen molar-refractivity contribution >= 4 is 34.8 Å². The largest absolute Gasteiger partial charge is 0.493 e. The highest BCUT2D eigenvalue weighted by Gasteiger charge is 2.36. The van der Waals surface area contributed by atoms with E-state index < -0.39 is 5.92 Å². The van der Waals surface area contributed by atoms with Crippen molar-refractivity contribution in [3.8, 4) is 17.2 Å². The molecule has 1 aliphatic rings. The fraction of sp³-hybridized carbons (Fsp3) is 0.375. The second-order valence-corrected chi connectivity index (χ2v) is 8.00. The maximum absolute atomic E-state index is 12.8. The molecule has 0 aliphatic carbocycles. The Morgan fingerprint density at radius 2 is 1.48 bits per heavy atom. The molecule has 2 N–H and O–H groups in total. The van der Waals surface area contributed by atoms with Crippen LogP contribution in [0.1, 0.15) is 20.3 Å². The van der Waals surface area contributed by atoms with Crippen LogP contribution >= 0.6 is 0 Å². The van der Waals surface area contributed by atoms with Gasteiger partial charge in [-0.3, -0.25) is 14.4 Å². The molecule has 0 spiro atoms. The summed E-state index contributed by atoms with van der Waals surface area (Å²) in [5.74, 6) is 0.137. The fourth-order valence-corrected chi connectivity index (χ4v) is 3.52. The van der Waals surface area contributed by atoms with Gasteiger partial charge in [0.1, 0.15) is 0 Å². The Labute approximate surface area is 193 Å². The summed E-state index contributed by atoms with van der Waals surface area (Å²) in [6, 6.07) is 10.2. The van der Waals surface area contributed by atoms with Crippen molar-refractivity contribution in [2.45, 2.75) is 20.3 Å². The molecule has 3 rings (SSSR count). The molecule has 2 aromatic rings. The van der Waals surface area contributed by atoms with E-state index in [1.165, 1.54) is 21.3 Å². The van der Waals surface area contributed by atoms with Gasteiger partial charge in [0.05, 0.1) is 32.9 Å². The second kappa shape index (κ2) is 10.2. The molecule has 33 heavy (non-hydrogen) atoms. The number of hydrogen-bond acceptors (Lipinski definition) is 6. The van der Waals surface area contributed by atoms with Crippen LogP contribution in [0.15, 0.2) is 36.4 Å². The minimum atomic E-state index is -0.517. The molecule has 176 valence electrons. The summed E-state index contributed by atoms with van der Waals surface area (Å²) in [7, 11) is 4.51. The zero-order valence-corrected chi connectivity index (χ0v) is 19.4. The van der Waals surface area contributed by atoms with Crippen molar-refractivity contribution < 1.29 is 28.6 Å². The predicted octanol–water partition coefficient (Wildman–Crippen LogP) is 3.30. The van der Waals surface area contributed by atoms with E-state index in [9.17, 15) is 14.4 Å². The average Bonchev–Trinajstić information content (AvgIpc) is 3.20. The molecular weight excluding hydrogens is 426 g/mol. The van der Waals surface area contributed by atoms with Gasteiger partial charge < -0.3 is 29.7 Å². The third-order valence-corrected chi connectivity index (χ3v) is 5.40. The van der Waals surface area contributed by atoms with Crippen molar-refractivity contribution in [2.75, 3.05) is 43.4 Å². The smallest absolute Gasteiger partial charge is 0.229 e. The SMILES string of the molecule is COc1cc(N2CC(C(=O)Nc3ccc(NC(=O)C(C)C)cc3)CC2=O)cc(OC)c1OC. The Bertz CT molecular complexity index is 1010. The summed E-state index contributed by atoms with van der Waals surface area (Å²) in [4.78, 5) is 38.8. The molecule has 1 aliphatic heterocycles. The molecular formula is C24H29N3O6. The van der Waals surface area contributed by atoms with Gasteiger partial charge in [0.25, 0.3) is 0 Å². The highest BCUT2D eigenvalue weighted by atomic mass is 16.5. The van der Waals surface area contributed by atoms with Crippen molar-refractivity contribution in [3.05, 3.63) is 36.4 Å². The lowest BCUT2D eigenvalue weighted by Crippen LogP contribution is -2.28. The number of anilines is 3. The second-order valence-electron chi connectivity index (χ2n) is 8.00. The minimum Gasteiger partial charge on any atom is -0.493 e. The first-order valence-electron chi connectivity index (χ1n) is 10.6. The molecule has 1 heterocycles. The topological polar surface area (TPSA) is 106 Å². The van der Waals surface area contributed by atoms with Crippen molar-refractivity contribution in [1.29, 1.82) is 0 Å². The van der Waals surface area contributed by atoms with E-state index in [0.29, 0.717) is 34.3 Å². The van der Waals surface area contributed by atoms with Gasteiger partial charge >= 0.3 is 0 Å². The summed E-state index contributed by atoms with van der Waals surface area (Å²) in [6.45, 7) is 3.86. The third-order valence-electron chi connectivity index (χ3n) is 5.40. The lowest BCUT2D eigenvalue weighted by atomic mass is 10.1. The summed E-state index contributed by atoms with van der Waals surface area (Å²) >= 11 is 0. The molecule has 0 bridgehead atoms. The molecule has 1 saturated heterocycles. The molecule has 9 heteroatoms. The normalized spacial score (nSPS) is 15.4. The summed E-state index contributed by atoms with van der Waals surface area (Å²) in [5, 5.41) is 5.64. The Kier molecular flexibility index (Phi) is 7.42. The first-order chi connectivity index (χ1) is 15.8. The Morgan fingerprint density at radius 1 is 0.939 bits per heavy atom. The molecule has 0 aromatic heterocycles. The van der Waals surface area contributed by atoms with Crippen LogP contribution in [-0.4, -0.2) is 45.6 Å². The summed E-state index contributed by atoms with van der Waals surface area (Å²) < 4.78 is 16.1. The average molecular weight is 456 g/mol.